The van der Waals surface area contributed by atoms with Crippen LogP contribution in [0.1, 0.15) is 34.5 Å². The number of benzene rings is 1. The first-order valence-electron chi connectivity index (χ1n) is 8.22. The van der Waals surface area contributed by atoms with Gasteiger partial charge in [-0.15, -0.1) is 0 Å². The lowest BCUT2D eigenvalue weighted by Crippen LogP contribution is -2.39. The van der Waals surface area contributed by atoms with Crippen molar-refractivity contribution in [2.45, 2.75) is 32.2 Å². The van der Waals surface area contributed by atoms with Crippen LogP contribution in [0.25, 0.3) is 0 Å². The van der Waals surface area contributed by atoms with E-state index in [1.807, 2.05) is 29.2 Å². The van der Waals surface area contributed by atoms with Crippen molar-refractivity contribution in [3.63, 3.8) is 0 Å². The molecule has 3 rings (SSSR count). The van der Waals surface area contributed by atoms with E-state index < -0.39 is 0 Å². The summed E-state index contributed by atoms with van der Waals surface area (Å²) in [5, 5.41) is 0. The third kappa shape index (κ3) is 3.35. The number of likely N-dealkylation sites (tertiary alicyclic amines) is 1. The summed E-state index contributed by atoms with van der Waals surface area (Å²) in [6.07, 6.45) is 2.68. The molecule has 0 aliphatic carbocycles. The molecule has 0 radical (unpaired) electrons. The number of nitrogens with one attached hydrogen (secondary N) is 1. The molecule has 24 heavy (non-hydrogen) atoms. The van der Waals surface area contributed by atoms with Crippen molar-refractivity contribution in [1.82, 2.24) is 9.88 Å². The zero-order valence-electron chi connectivity index (χ0n) is 14.0. The maximum Gasteiger partial charge on any atom is 0.260 e. The zero-order chi connectivity index (χ0) is 17.1. The van der Waals surface area contributed by atoms with E-state index in [1.165, 1.54) is 0 Å². The number of amides is 1. The molecule has 1 fully saturated rings. The topological polar surface area (TPSA) is 62.4 Å². The van der Waals surface area contributed by atoms with Crippen LogP contribution in [0.3, 0.4) is 0 Å². The predicted molar refractivity (Wildman–Crippen MR) is 92.6 cm³/mol. The van der Waals surface area contributed by atoms with Crippen LogP contribution < -0.4 is 10.3 Å². The molecule has 5 heteroatoms. The number of ether oxygens (including phenoxy) is 1. The number of hydrogen-bond donors (Lipinski definition) is 1. The van der Waals surface area contributed by atoms with Gasteiger partial charge in [0.25, 0.3) is 11.5 Å². The second-order valence-electron chi connectivity index (χ2n) is 6.23. The van der Waals surface area contributed by atoms with Crippen LogP contribution >= 0.6 is 0 Å². The molecule has 1 amide bonds. The van der Waals surface area contributed by atoms with Crippen LogP contribution in [-0.4, -0.2) is 35.5 Å². The van der Waals surface area contributed by atoms with Gasteiger partial charge in [0.2, 0.25) is 0 Å². The average Bonchev–Trinajstić information content (AvgIpc) is 3.02. The van der Waals surface area contributed by atoms with E-state index in [2.05, 4.69) is 4.98 Å². The number of rotatable bonds is 4. The third-order valence-corrected chi connectivity index (χ3v) is 4.53. The fourth-order valence-corrected chi connectivity index (χ4v) is 3.28. The highest BCUT2D eigenvalue weighted by atomic mass is 16.5. The quantitative estimate of drug-likeness (QED) is 0.939. The monoisotopic (exact) mass is 326 g/mol. The number of carbonyl (C=O) groups excluding carboxylic acids is 1. The van der Waals surface area contributed by atoms with Gasteiger partial charge < -0.3 is 14.6 Å². The van der Waals surface area contributed by atoms with Crippen molar-refractivity contribution >= 4 is 5.91 Å². The Bertz CT molecular complexity index is 797. The number of carbonyl (C=O) groups is 1. The molecule has 1 unspecified atom stereocenters. The summed E-state index contributed by atoms with van der Waals surface area (Å²) in [4.78, 5) is 29.4. The SMILES string of the molecule is COc1cccc(CC2CCCN2C(=O)c2ccc(C)[nH]c2=O)c1. The molecule has 1 N–H and O–H groups in total. The lowest BCUT2D eigenvalue weighted by Gasteiger charge is -2.25. The van der Waals surface area contributed by atoms with Gasteiger partial charge >= 0.3 is 0 Å². The number of methoxy groups -OCH3 is 1. The van der Waals surface area contributed by atoms with Crippen LogP contribution in [0, 0.1) is 6.92 Å². The van der Waals surface area contributed by atoms with E-state index in [0.717, 1.165) is 36.3 Å². The number of aromatic amines is 1. The second kappa shape index (κ2) is 6.91. The van der Waals surface area contributed by atoms with Crippen LogP contribution in [-0.2, 0) is 6.42 Å². The minimum absolute atomic E-state index is 0.116. The van der Waals surface area contributed by atoms with Gasteiger partial charge in [0.15, 0.2) is 0 Å². The molecule has 1 aliphatic heterocycles. The van der Waals surface area contributed by atoms with Gasteiger partial charge in [-0.3, -0.25) is 9.59 Å². The Morgan fingerprint density at radius 2 is 2.17 bits per heavy atom. The summed E-state index contributed by atoms with van der Waals surface area (Å²) >= 11 is 0. The number of H-pyrrole nitrogens is 1. The lowest BCUT2D eigenvalue weighted by molar-refractivity contribution is 0.0734. The Morgan fingerprint density at radius 3 is 2.92 bits per heavy atom. The fraction of sp³-hybridized carbons (Fsp3) is 0.368. The normalized spacial score (nSPS) is 17.1. The van der Waals surface area contributed by atoms with Crippen LogP contribution in [0.5, 0.6) is 5.75 Å². The third-order valence-electron chi connectivity index (χ3n) is 4.53. The van der Waals surface area contributed by atoms with E-state index in [0.29, 0.717) is 6.54 Å². The Kier molecular flexibility index (Phi) is 4.69. The second-order valence-corrected chi connectivity index (χ2v) is 6.23. The van der Waals surface area contributed by atoms with Gasteiger partial charge in [-0.05, 0) is 56.0 Å². The van der Waals surface area contributed by atoms with Crippen LogP contribution in [0.4, 0.5) is 0 Å². The summed E-state index contributed by atoms with van der Waals surface area (Å²) in [6.45, 7) is 2.50. The van der Waals surface area contributed by atoms with Gasteiger partial charge in [0, 0.05) is 18.3 Å². The van der Waals surface area contributed by atoms with E-state index in [1.54, 1.807) is 26.2 Å². The van der Waals surface area contributed by atoms with E-state index in [-0.39, 0.29) is 23.1 Å². The average molecular weight is 326 g/mol. The lowest BCUT2D eigenvalue weighted by atomic mass is 10.0. The summed E-state index contributed by atoms with van der Waals surface area (Å²) in [7, 11) is 1.65. The number of pyridine rings is 1. The summed E-state index contributed by atoms with van der Waals surface area (Å²) < 4.78 is 5.26. The van der Waals surface area contributed by atoms with Crippen LogP contribution in [0.2, 0.25) is 0 Å². The molecular formula is C19H22N2O3. The highest BCUT2D eigenvalue weighted by molar-refractivity contribution is 5.94. The Morgan fingerprint density at radius 1 is 1.33 bits per heavy atom. The first-order chi connectivity index (χ1) is 11.6. The van der Waals surface area contributed by atoms with E-state index >= 15 is 0 Å². The van der Waals surface area contributed by atoms with Crippen molar-refractivity contribution in [2.75, 3.05) is 13.7 Å². The standard InChI is InChI=1S/C19H22N2O3/c1-13-8-9-17(18(22)20-13)19(23)21-10-4-6-15(21)11-14-5-3-7-16(12-14)24-2/h3,5,7-9,12,15H,4,6,10-11H2,1-2H3,(H,20,22). The number of aromatic nitrogens is 1. The van der Waals surface area contributed by atoms with E-state index in [4.69, 9.17) is 4.74 Å². The molecule has 5 nitrogen and oxygen atoms in total. The summed E-state index contributed by atoms with van der Waals surface area (Å²) in [5.41, 5.74) is 1.80. The van der Waals surface area contributed by atoms with Gasteiger partial charge in [0.1, 0.15) is 11.3 Å². The molecular weight excluding hydrogens is 304 g/mol. The molecule has 2 heterocycles. The number of hydrogen-bond acceptors (Lipinski definition) is 3. The van der Waals surface area contributed by atoms with E-state index in [9.17, 15) is 9.59 Å². The molecule has 1 aromatic heterocycles. The van der Waals surface area contributed by atoms with Gasteiger partial charge in [-0.1, -0.05) is 12.1 Å². The van der Waals surface area contributed by atoms with Crippen molar-refractivity contribution in [3.8, 4) is 5.75 Å². The zero-order valence-corrected chi connectivity index (χ0v) is 14.0. The maximum absolute atomic E-state index is 12.8. The largest absolute Gasteiger partial charge is 0.497 e. The molecule has 0 spiro atoms. The maximum atomic E-state index is 12.8. The Labute approximate surface area is 141 Å². The minimum Gasteiger partial charge on any atom is -0.497 e. The molecule has 0 saturated carbocycles. The fourth-order valence-electron chi connectivity index (χ4n) is 3.28. The molecule has 1 atom stereocenters. The highest BCUT2D eigenvalue weighted by Gasteiger charge is 2.30. The summed E-state index contributed by atoms with van der Waals surface area (Å²) in [5.74, 6) is 0.639. The first kappa shape index (κ1) is 16.3. The Hall–Kier alpha value is -2.56. The summed E-state index contributed by atoms with van der Waals surface area (Å²) in [6, 6.07) is 11.4. The predicted octanol–water partition coefficient (Wildman–Crippen LogP) is 2.54. The number of aryl methyl sites for hydroxylation is 1. The van der Waals surface area contributed by atoms with Crippen LogP contribution in [0.15, 0.2) is 41.2 Å². The molecule has 0 bridgehead atoms. The van der Waals surface area contributed by atoms with Crippen molar-refractivity contribution in [2.24, 2.45) is 0 Å². The molecule has 1 aliphatic rings. The first-order valence-corrected chi connectivity index (χ1v) is 8.22. The molecule has 1 saturated heterocycles. The molecule has 1 aromatic carbocycles. The molecule has 126 valence electrons. The van der Waals surface area contributed by atoms with Crippen molar-refractivity contribution in [1.29, 1.82) is 0 Å². The smallest absolute Gasteiger partial charge is 0.260 e. The number of nitrogens with zero attached hydrogens (tertiary/aromatic N) is 1. The molecule has 2 aromatic rings. The Balaban J connectivity index is 1.79. The van der Waals surface area contributed by atoms with Gasteiger partial charge in [-0.25, -0.2) is 0 Å². The minimum atomic E-state index is -0.313. The van der Waals surface area contributed by atoms with Gasteiger partial charge in [-0.2, -0.15) is 0 Å². The van der Waals surface area contributed by atoms with Crippen molar-refractivity contribution < 1.29 is 9.53 Å². The highest BCUT2D eigenvalue weighted by Crippen LogP contribution is 2.24. The van der Waals surface area contributed by atoms with Gasteiger partial charge in [0.05, 0.1) is 7.11 Å². The van der Waals surface area contributed by atoms with Crippen molar-refractivity contribution in [3.05, 3.63) is 63.6 Å².